The van der Waals surface area contributed by atoms with Crippen molar-refractivity contribution in [3.63, 3.8) is 0 Å². The van der Waals surface area contributed by atoms with Crippen molar-refractivity contribution in [3.8, 4) is 0 Å². The monoisotopic (exact) mass is 107 g/mol. The Morgan fingerprint density at radius 1 is 1.67 bits per heavy atom. The van der Waals surface area contributed by atoms with Gasteiger partial charge in [0.25, 0.3) is 0 Å². The van der Waals surface area contributed by atoms with E-state index in [1.54, 1.807) is 12.5 Å². The second kappa shape index (κ2) is 2.08. The second-order valence-electron chi connectivity index (χ2n) is 1.08. The molecule has 2 nitrogen and oxygen atoms in total. The van der Waals surface area contributed by atoms with Crippen LogP contribution in [0.15, 0.2) is 0 Å². The summed E-state index contributed by atoms with van der Waals surface area (Å²) in [7, 11) is -0.451. The van der Waals surface area contributed by atoms with Crippen LogP contribution in [0.4, 0.5) is 4.79 Å². The SMILES string of the molecule is C[S+](C)C(=O)O. The minimum atomic E-state index is -0.713. The van der Waals surface area contributed by atoms with Gasteiger partial charge < -0.3 is 5.11 Å². The standard InChI is InChI=1S/C3H6O2S/c1-6(2)3(4)5/h1-2H3/p+1. The maximum atomic E-state index is 9.71. The largest absolute Gasteiger partial charge is 0.522 e. The van der Waals surface area contributed by atoms with Gasteiger partial charge in [0.15, 0.2) is 0 Å². The third kappa shape index (κ3) is 2.08. The summed E-state index contributed by atoms with van der Waals surface area (Å²) >= 11 is 0. The topological polar surface area (TPSA) is 37.3 Å². The molecule has 36 valence electrons. The fourth-order valence-electron chi connectivity index (χ4n) is 0. The quantitative estimate of drug-likeness (QED) is 0.459. The van der Waals surface area contributed by atoms with Crippen molar-refractivity contribution < 1.29 is 9.90 Å². The van der Waals surface area contributed by atoms with Gasteiger partial charge in [-0.15, -0.1) is 0 Å². The molecule has 0 bridgehead atoms. The number of rotatable bonds is 0. The molecule has 0 unspecified atom stereocenters. The normalized spacial score (nSPS) is 9.17. The lowest BCUT2D eigenvalue weighted by atomic mass is 11.6. The van der Waals surface area contributed by atoms with Crippen molar-refractivity contribution >= 4 is 16.2 Å². The third-order valence-electron chi connectivity index (χ3n) is 0.349. The fraction of sp³-hybridized carbons (Fsp3) is 0.667. The van der Waals surface area contributed by atoms with Crippen LogP contribution in [0.3, 0.4) is 0 Å². The number of hydrogen-bond donors (Lipinski definition) is 1. The van der Waals surface area contributed by atoms with Crippen LogP contribution < -0.4 is 0 Å². The van der Waals surface area contributed by atoms with Crippen molar-refractivity contribution in [1.82, 2.24) is 0 Å². The van der Waals surface area contributed by atoms with Crippen LogP contribution in [0.5, 0.6) is 0 Å². The number of hydrogen-bond acceptors (Lipinski definition) is 1. The fourth-order valence-corrected chi connectivity index (χ4v) is 0. The Kier molecular flexibility index (Phi) is 2.01. The molecule has 0 atom stereocenters. The summed E-state index contributed by atoms with van der Waals surface area (Å²) in [5.74, 6) is 0. The van der Waals surface area contributed by atoms with Crippen LogP contribution in [-0.2, 0) is 10.9 Å². The Morgan fingerprint density at radius 3 is 1.83 bits per heavy atom. The van der Waals surface area contributed by atoms with Crippen molar-refractivity contribution in [1.29, 1.82) is 0 Å². The zero-order valence-electron chi connectivity index (χ0n) is 3.76. The van der Waals surface area contributed by atoms with Gasteiger partial charge in [-0.3, -0.25) is 0 Å². The number of carbonyl (C=O) groups is 1. The molecule has 0 saturated heterocycles. The molecule has 0 aromatic carbocycles. The summed E-state index contributed by atoms with van der Waals surface area (Å²) < 4.78 is 0. The van der Waals surface area contributed by atoms with E-state index < -0.39 is 16.2 Å². The van der Waals surface area contributed by atoms with Crippen LogP contribution in [0.1, 0.15) is 0 Å². The van der Waals surface area contributed by atoms with Crippen LogP contribution in [0.2, 0.25) is 0 Å². The van der Waals surface area contributed by atoms with Gasteiger partial charge in [0.05, 0.1) is 10.9 Å². The lowest BCUT2D eigenvalue weighted by Gasteiger charge is -1.77. The number of carboxylic acid groups (broad SMARTS) is 1. The highest BCUT2D eigenvalue weighted by Crippen LogP contribution is 1.81. The summed E-state index contributed by atoms with van der Waals surface area (Å²) in [6, 6.07) is 0. The average molecular weight is 107 g/mol. The Bertz CT molecular complexity index is 59.8. The van der Waals surface area contributed by atoms with E-state index in [1.807, 2.05) is 0 Å². The van der Waals surface area contributed by atoms with Crippen molar-refractivity contribution in [2.75, 3.05) is 12.5 Å². The molecule has 0 amide bonds. The van der Waals surface area contributed by atoms with E-state index >= 15 is 0 Å². The Labute approximate surface area is 39.5 Å². The molecule has 0 fully saturated rings. The van der Waals surface area contributed by atoms with Gasteiger partial charge >= 0.3 is 5.30 Å². The molecule has 3 heteroatoms. The van der Waals surface area contributed by atoms with Crippen LogP contribution in [0, 0.1) is 0 Å². The van der Waals surface area contributed by atoms with Crippen molar-refractivity contribution in [2.24, 2.45) is 0 Å². The van der Waals surface area contributed by atoms with E-state index in [0.717, 1.165) is 0 Å². The highest BCUT2D eigenvalue weighted by Gasteiger charge is 2.12. The minimum Gasteiger partial charge on any atom is -0.441 e. The molecule has 0 saturated carbocycles. The molecule has 0 aromatic heterocycles. The van der Waals surface area contributed by atoms with E-state index in [-0.39, 0.29) is 0 Å². The Balaban J connectivity index is 3.26. The van der Waals surface area contributed by atoms with Crippen LogP contribution in [0.25, 0.3) is 0 Å². The summed E-state index contributed by atoms with van der Waals surface area (Å²) in [5.41, 5.74) is 0. The molecule has 0 aliphatic heterocycles. The van der Waals surface area contributed by atoms with E-state index in [2.05, 4.69) is 0 Å². The molecule has 6 heavy (non-hydrogen) atoms. The second-order valence-corrected chi connectivity index (χ2v) is 3.06. The van der Waals surface area contributed by atoms with E-state index in [1.165, 1.54) is 0 Å². The smallest absolute Gasteiger partial charge is 0.441 e. The highest BCUT2D eigenvalue weighted by atomic mass is 32.2. The highest BCUT2D eigenvalue weighted by molar-refractivity contribution is 8.09. The van der Waals surface area contributed by atoms with Gasteiger partial charge in [-0.05, 0) is 0 Å². The summed E-state index contributed by atoms with van der Waals surface area (Å²) in [6.45, 7) is 0. The predicted octanol–water partition coefficient (Wildman–Crippen LogP) is 0.542. The summed E-state index contributed by atoms with van der Waals surface area (Å²) in [5, 5.41) is 7.29. The van der Waals surface area contributed by atoms with Gasteiger partial charge in [-0.1, -0.05) is 0 Å². The summed E-state index contributed by atoms with van der Waals surface area (Å²) in [4.78, 5) is 9.71. The molecule has 0 aliphatic carbocycles. The van der Waals surface area contributed by atoms with E-state index in [4.69, 9.17) is 5.11 Å². The van der Waals surface area contributed by atoms with Gasteiger partial charge in [0.1, 0.15) is 12.5 Å². The molecule has 0 spiro atoms. The molecule has 0 aromatic rings. The Hall–Kier alpha value is -0.180. The first-order valence-electron chi connectivity index (χ1n) is 1.45. The first kappa shape index (κ1) is 5.82. The lowest BCUT2D eigenvalue weighted by Crippen LogP contribution is -2.06. The molecule has 0 aliphatic rings. The van der Waals surface area contributed by atoms with Crippen LogP contribution >= 0.6 is 0 Å². The zero-order chi connectivity index (χ0) is 5.15. The van der Waals surface area contributed by atoms with E-state index in [0.29, 0.717) is 0 Å². The average Bonchev–Trinajstić information content (AvgIpc) is 1.36. The molecular weight excluding hydrogens is 100 g/mol. The van der Waals surface area contributed by atoms with Crippen molar-refractivity contribution in [3.05, 3.63) is 0 Å². The lowest BCUT2D eigenvalue weighted by molar-refractivity contribution is 0.221. The molecule has 0 radical (unpaired) electrons. The molecule has 0 rings (SSSR count). The van der Waals surface area contributed by atoms with Crippen LogP contribution in [-0.4, -0.2) is 22.9 Å². The third-order valence-corrected chi connectivity index (χ3v) is 1.05. The minimum absolute atomic E-state index is 0.451. The maximum Gasteiger partial charge on any atom is 0.522 e. The van der Waals surface area contributed by atoms with Gasteiger partial charge in [0, 0.05) is 0 Å². The Morgan fingerprint density at radius 2 is 1.83 bits per heavy atom. The van der Waals surface area contributed by atoms with Gasteiger partial charge in [-0.25, -0.2) is 0 Å². The first-order valence-corrected chi connectivity index (χ1v) is 3.49. The predicted molar refractivity (Wildman–Crippen MR) is 27.2 cm³/mol. The molecular formula is C3H7O2S+. The molecule has 1 N–H and O–H groups in total. The summed E-state index contributed by atoms with van der Waals surface area (Å²) in [6.07, 6.45) is 3.34. The van der Waals surface area contributed by atoms with Gasteiger partial charge in [-0.2, -0.15) is 4.79 Å². The van der Waals surface area contributed by atoms with Gasteiger partial charge in [0.2, 0.25) is 0 Å². The maximum absolute atomic E-state index is 9.71. The van der Waals surface area contributed by atoms with E-state index in [9.17, 15) is 4.79 Å². The molecule has 0 heterocycles. The zero-order valence-corrected chi connectivity index (χ0v) is 4.58. The first-order chi connectivity index (χ1) is 2.64. The van der Waals surface area contributed by atoms with Crippen molar-refractivity contribution in [2.45, 2.75) is 0 Å².